The van der Waals surface area contributed by atoms with Crippen molar-refractivity contribution in [2.45, 2.75) is 192 Å². The van der Waals surface area contributed by atoms with Gasteiger partial charge in [0.15, 0.2) is 12.4 Å². The molecule has 0 aromatic rings. The molecule has 13 heteroatoms. The molecule has 4 N–H and O–H groups in total. The lowest BCUT2D eigenvalue weighted by Gasteiger charge is -2.40. The number of hydrogen-bond acceptors (Lipinski definition) is 11. The SMILES string of the molecule is CCCC/C=C/C/C=C/CCCCCCCC(=O)O[C@H](COC(=O)CCCCCCCCCCCC)CO[C@H]1O[C@H](CS(=O)(=O)O)[C@@H](O)C(O)C1O. The second kappa shape index (κ2) is 30.5. The molecule has 1 rings (SSSR count). The monoisotopic (exact) mass is 762 g/mol. The van der Waals surface area contributed by atoms with Crippen molar-refractivity contribution in [3.05, 3.63) is 24.3 Å². The molecule has 6 atom stereocenters. The molecule has 0 amide bonds. The third-order valence-corrected chi connectivity index (χ3v) is 9.78. The lowest BCUT2D eigenvalue weighted by Crippen LogP contribution is -2.60. The van der Waals surface area contributed by atoms with Gasteiger partial charge >= 0.3 is 11.9 Å². The van der Waals surface area contributed by atoms with Crippen LogP contribution in [0.25, 0.3) is 0 Å². The first kappa shape index (κ1) is 48.1. The maximum absolute atomic E-state index is 12.7. The Bertz CT molecular complexity index is 1080. The summed E-state index contributed by atoms with van der Waals surface area (Å²) in [7, 11) is -4.60. The molecule has 1 aliphatic rings. The van der Waals surface area contributed by atoms with Gasteiger partial charge in [-0.05, 0) is 38.5 Å². The summed E-state index contributed by atoms with van der Waals surface area (Å²) >= 11 is 0. The first-order chi connectivity index (χ1) is 25.0. The number of unbranched alkanes of at least 4 members (excludes halogenated alkanes) is 16. The van der Waals surface area contributed by atoms with Gasteiger partial charge in [0, 0.05) is 12.8 Å². The number of carbonyl (C=O) groups is 2. The largest absolute Gasteiger partial charge is 0.462 e. The number of esters is 2. The highest BCUT2D eigenvalue weighted by Gasteiger charge is 2.46. The maximum atomic E-state index is 12.7. The van der Waals surface area contributed by atoms with Crippen molar-refractivity contribution < 1.29 is 56.8 Å². The van der Waals surface area contributed by atoms with Crippen molar-refractivity contribution in [2.24, 2.45) is 0 Å². The van der Waals surface area contributed by atoms with Crippen molar-refractivity contribution in [3.63, 3.8) is 0 Å². The molecule has 0 radical (unpaired) electrons. The zero-order valence-electron chi connectivity index (χ0n) is 31.9. The fourth-order valence-corrected chi connectivity index (χ4v) is 6.56. The standard InChI is InChI=1S/C39H70O12S/c1-3-5-7-9-11-13-15-16-17-18-20-22-24-26-28-35(41)50-32(29-48-34(40)27-25-23-21-19-14-12-10-8-6-4-2)30-49-39-38(44)37(43)36(42)33(51-39)31-52(45,46)47/h9,11,15-16,32-33,36-39,42-44H,3-8,10,12-14,17-31H2,1-2H3,(H,45,46,47)/b11-9+,16-15+/t32-,33-,36-,37?,38?,39+/m1/s1. The molecule has 1 saturated heterocycles. The summed E-state index contributed by atoms with van der Waals surface area (Å²) in [4.78, 5) is 25.2. The molecule has 0 saturated carbocycles. The summed E-state index contributed by atoms with van der Waals surface area (Å²) in [6.07, 6.45) is 20.9. The quantitative estimate of drug-likeness (QED) is 0.0241. The third kappa shape index (κ3) is 25.2. The summed E-state index contributed by atoms with van der Waals surface area (Å²) in [5.74, 6) is -2.00. The second-order valence-corrected chi connectivity index (χ2v) is 15.4. The van der Waals surface area contributed by atoms with Crippen LogP contribution in [0.5, 0.6) is 0 Å². The van der Waals surface area contributed by atoms with Crippen molar-refractivity contribution in [3.8, 4) is 0 Å². The molecule has 1 heterocycles. The molecular formula is C39H70O12S. The summed E-state index contributed by atoms with van der Waals surface area (Å²) in [5.41, 5.74) is 0. The Balaban J connectivity index is 2.53. The Morgan fingerprint density at radius 3 is 1.75 bits per heavy atom. The van der Waals surface area contributed by atoms with E-state index in [0.29, 0.717) is 12.8 Å². The fraction of sp³-hybridized carbons (Fsp3) is 0.846. The van der Waals surface area contributed by atoms with Gasteiger partial charge in [-0.3, -0.25) is 14.1 Å². The highest BCUT2D eigenvalue weighted by Crippen LogP contribution is 2.24. The van der Waals surface area contributed by atoms with E-state index in [-0.39, 0.29) is 19.4 Å². The number of rotatable bonds is 32. The van der Waals surface area contributed by atoms with Gasteiger partial charge in [-0.15, -0.1) is 0 Å². The Morgan fingerprint density at radius 2 is 1.17 bits per heavy atom. The minimum atomic E-state index is -4.60. The van der Waals surface area contributed by atoms with Gasteiger partial charge in [-0.2, -0.15) is 8.42 Å². The van der Waals surface area contributed by atoms with Crippen LogP contribution in [0.2, 0.25) is 0 Å². The molecule has 2 unspecified atom stereocenters. The van der Waals surface area contributed by atoms with E-state index in [9.17, 15) is 37.9 Å². The van der Waals surface area contributed by atoms with Crippen LogP contribution in [0.1, 0.15) is 155 Å². The molecule has 0 aliphatic carbocycles. The smallest absolute Gasteiger partial charge is 0.306 e. The number of allylic oxidation sites excluding steroid dienone is 4. The average molecular weight is 763 g/mol. The Hall–Kier alpha value is -1.87. The number of ether oxygens (including phenoxy) is 4. The first-order valence-electron chi connectivity index (χ1n) is 19.9. The van der Waals surface area contributed by atoms with Gasteiger partial charge in [-0.25, -0.2) is 0 Å². The van der Waals surface area contributed by atoms with Gasteiger partial charge in [-0.1, -0.05) is 128 Å². The predicted octanol–water partition coefficient (Wildman–Crippen LogP) is 6.89. The molecule has 52 heavy (non-hydrogen) atoms. The summed E-state index contributed by atoms with van der Waals surface area (Å²) in [6, 6.07) is 0. The Kier molecular flexibility index (Phi) is 28.2. The molecule has 1 aliphatic heterocycles. The average Bonchev–Trinajstić information content (AvgIpc) is 3.10. The lowest BCUT2D eigenvalue weighted by atomic mass is 10.00. The lowest BCUT2D eigenvalue weighted by molar-refractivity contribution is -0.297. The maximum Gasteiger partial charge on any atom is 0.306 e. The van der Waals surface area contributed by atoms with Crippen LogP contribution in [0.15, 0.2) is 24.3 Å². The van der Waals surface area contributed by atoms with Crippen molar-refractivity contribution in [1.29, 1.82) is 0 Å². The minimum Gasteiger partial charge on any atom is -0.462 e. The van der Waals surface area contributed by atoms with Gasteiger partial charge in [0.1, 0.15) is 36.8 Å². The van der Waals surface area contributed by atoms with E-state index >= 15 is 0 Å². The van der Waals surface area contributed by atoms with Crippen molar-refractivity contribution >= 4 is 22.1 Å². The van der Waals surface area contributed by atoms with Crippen molar-refractivity contribution in [2.75, 3.05) is 19.0 Å². The van der Waals surface area contributed by atoms with Crippen LogP contribution in [-0.4, -0.2) is 96.0 Å². The normalized spacial score (nSPS) is 21.5. The van der Waals surface area contributed by atoms with Gasteiger partial charge in [0.05, 0.1) is 6.61 Å². The highest BCUT2D eigenvalue weighted by atomic mass is 32.2. The Labute approximate surface area is 313 Å². The first-order valence-corrected chi connectivity index (χ1v) is 21.5. The molecule has 1 fully saturated rings. The zero-order chi connectivity index (χ0) is 38.5. The van der Waals surface area contributed by atoms with Crippen molar-refractivity contribution in [1.82, 2.24) is 0 Å². The summed E-state index contributed by atoms with van der Waals surface area (Å²) in [5, 5.41) is 30.7. The van der Waals surface area contributed by atoms with Crippen LogP contribution >= 0.6 is 0 Å². The van der Waals surface area contributed by atoms with Gasteiger partial charge in [0.25, 0.3) is 10.1 Å². The molecule has 0 bridgehead atoms. The number of aliphatic hydroxyl groups is 3. The van der Waals surface area contributed by atoms with E-state index < -0.39 is 71.2 Å². The van der Waals surface area contributed by atoms with Crippen LogP contribution in [0.3, 0.4) is 0 Å². The van der Waals surface area contributed by atoms with E-state index in [1.165, 1.54) is 51.4 Å². The minimum absolute atomic E-state index is 0.150. The van der Waals surface area contributed by atoms with E-state index in [1.54, 1.807) is 0 Å². The van der Waals surface area contributed by atoms with E-state index in [2.05, 4.69) is 38.2 Å². The topological polar surface area (TPSA) is 186 Å². The van der Waals surface area contributed by atoms with E-state index in [0.717, 1.165) is 64.2 Å². The number of aliphatic hydroxyl groups excluding tert-OH is 3. The molecule has 12 nitrogen and oxygen atoms in total. The van der Waals surface area contributed by atoms with Crippen LogP contribution < -0.4 is 0 Å². The van der Waals surface area contributed by atoms with Gasteiger partial charge in [0.2, 0.25) is 0 Å². The predicted molar refractivity (Wildman–Crippen MR) is 201 cm³/mol. The highest BCUT2D eigenvalue weighted by molar-refractivity contribution is 7.85. The molecule has 0 aromatic heterocycles. The molecular weight excluding hydrogens is 692 g/mol. The molecule has 0 spiro atoms. The molecule has 304 valence electrons. The zero-order valence-corrected chi connectivity index (χ0v) is 32.7. The second-order valence-electron chi connectivity index (χ2n) is 14.0. The molecule has 0 aromatic carbocycles. The Morgan fingerprint density at radius 1 is 0.654 bits per heavy atom. The van der Waals surface area contributed by atoms with Gasteiger partial charge < -0.3 is 34.3 Å². The van der Waals surface area contributed by atoms with Crippen LogP contribution in [0.4, 0.5) is 0 Å². The van der Waals surface area contributed by atoms with E-state index in [1.807, 2.05) is 0 Å². The summed E-state index contributed by atoms with van der Waals surface area (Å²) < 4.78 is 53.8. The number of hydrogen-bond donors (Lipinski definition) is 4. The summed E-state index contributed by atoms with van der Waals surface area (Å²) in [6.45, 7) is 3.66. The van der Waals surface area contributed by atoms with E-state index in [4.69, 9.17) is 18.9 Å². The van der Waals surface area contributed by atoms with Crippen LogP contribution in [-0.2, 0) is 38.7 Å². The number of carbonyl (C=O) groups excluding carboxylic acids is 2. The van der Waals surface area contributed by atoms with Crippen LogP contribution in [0, 0.1) is 0 Å². The third-order valence-electron chi connectivity index (χ3n) is 9.03. The fourth-order valence-electron chi connectivity index (χ4n) is 5.87.